The Kier molecular flexibility index (Phi) is 4.87. The summed E-state index contributed by atoms with van der Waals surface area (Å²) in [5.41, 5.74) is 0. The summed E-state index contributed by atoms with van der Waals surface area (Å²) in [6.45, 7) is 9.39. The molecular formula is C15H30N2. The van der Waals surface area contributed by atoms with Gasteiger partial charge in [-0.3, -0.25) is 4.90 Å². The molecule has 1 saturated carbocycles. The zero-order chi connectivity index (χ0) is 12.3. The average molecular weight is 238 g/mol. The van der Waals surface area contributed by atoms with E-state index in [1.54, 1.807) is 0 Å². The fraction of sp³-hybridized carbons (Fsp3) is 1.00. The summed E-state index contributed by atoms with van der Waals surface area (Å²) in [6, 6.07) is 2.22. The third-order valence-electron chi connectivity index (χ3n) is 5.06. The van der Waals surface area contributed by atoms with E-state index in [9.17, 15) is 0 Å². The number of rotatable bonds is 5. The standard InChI is InChI=1S/C15H30N2/c1-4-16-12(2)13(3)17-11-7-10-15(17)14-8-5-6-9-14/h12-16H,4-11H2,1-3H3. The fourth-order valence-electron chi connectivity index (χ4n) is 3.95. The maximum Gasteiger partial charge on any atom is 0.0221 e. The van der Waals surface area contributed by atoms with Crippen LogP contribution in [0.5, 0.6) is 0 Å². The van der Waals surface area contributed by atoms with Gasteiger partial charge in [0.2, 0.25) is 0 Å². The van der Waals surface area contributed by atoms with Gasteiger partial charge in [-0.15, -0.1) is 0 Å². The molecule has 2 heteroatoms. The molecule has 2 nitrogen and oxygen atoms in total. The van der Waals surface area contributed by atoms with Gasteiger partial charge in [0.25, 0.3) is 0 Å². The molecule has 2 fully saturated rings. The Balaban J connectivity index is 1.93. The minimum Gasteiger partial charge on any atom is -0.313 e. The molecule has 1 saturated heterocycles. The van der Waals surface area contributed by atoms with E-state index in [1.165, 1.54) is 45.1 Å². The Morgan fingerprint density at radius 2 is 1.82 bits per heavy atom. The van der Waals surface area contributed by atoms with E-state index in [4.69, 9.17) is 0 Å². The molecule has 100 valence electrons. The summed E-state index contributed by atoms with van der Waals surface area (Å²) in [4.78, 5) is 2.81. The molecular weight excluding hydrogens is 208 g/mol. The second-order valence-corrected chi connectivity index (χ2v) is 6.08. The highest BCUT2D eigenvalue weighted by molar-refractivity contribution is 4.92. The topological polar surface area (TPSA) is 15.3 Å². The lowest BCUT2D eigenvalue weighted by Gasteiger charge is -2.37. The number of likely N-dealkylation sites (tertiary alicyclic amines) is 1. The molecule has 3 unspecified atom stereocenters. The summed E-state index contributed by atoms with van der Waals surface area (Å²) in [7, 11) is 0. The van der Waals surface area contributed by atoms with Crippen LogP contribution in [0.25, 0.3) is 0 Å². The third kappa shape index (κ3) is 3.03. The van der Waals surface area contributed by atoms with E-state index in [0.717, 1.165) is 18.5 Å². The summed E-state index contributed by atoms with van der Waals surface area (Å²) in [6.07, 6.45) is 8.81. The van der Waals surface area contributed by atoms with Crippen LogP contribution in [0.1, 0.15) is 59.3 Å². The number of hydrogen-bond donors (Lipinski definition) is 1. The van der Waals surface area contributed by atoms with Crippen molar-refractivity contribution >= 4 is 0 Å². The smallest absolute Gasteiger partial charge is 0.0221 e. The Labute approximate surface area is 107 Å². The largest absolute Gasteiger partial charge is 0.313 e. The van der Waals surface area contributed by atoms with Crippen LogP contribution in [0.2, 0.25) is 0 Å². The lowest BCUT2D eigenvalue weighted by Crippen LogP contribution is -2.50. The minimum atomic E-state index is 0.627. The fourth-order valence-corrected chi connectivity index (χ4v) is 3.95. The van der Waals surface area contributed by atoms with Crippen LogP contribution in [0.4, 0.5) is 0 Å². The van der Waals surface area contributed by atoms with Crippen LogP contribution in [0.15, 0.2) is 0 Å². The Morgan fingerprint density at radius 3 is 2.47 bits per heavy atom. The van der Waals surface area contributed by atoms with Crippen molar-refractivity contribution in [3.63, 3.8) is 0 Å². The zero-order valence-electron chi connectivity index (χ0n) is 11.9. The highest BCUT2D eigenvalue weighted by Gasteiger charge is 2.36. The summed E-state index contributed by atoms with van der Waals surface area (Å²) in [5.74, 6) is 1.01. The van der Waals surface area contributed by atoms with Gasteiger partial charge < -0.3 is 5.32 Å². The van der Waals surface area contributed by atoms with Crippen molar-refractivity contribution in [3.8, 4) is 0 Å². The molecule has 2 aliphatic rings. The quantitative estimate of drug-likeness (QED) is 0.792. The van der Waals surface area contributed by atoms with Crippen LogP contribution in [0, 0.1) is 5.92 Å². The number of nitrogens with zero attached hydrogens (tertiary/aromatic N) is 1. The normalized spacial score (nSPS) is 30.9. The van der Waals surface area contributed by atoms with Gasteiger partial charge in [0.1, 0.15) is 0 Å². The van der Waals surface area contributed by atoms with E-state index in [2.05, 4.69) is 31.0 Å². The SMILES string of the molecule is CCNC(C)C(C)N1CCCC1C1CCCC1. The highest BCUT2D eigenvalue weighted by Crippen LogP contribution is 2.36. The third-order valence-corrected chi connectivity index (χ3v) is 5.06. The van der Waals surface area contributed by atoms with Gasteiger partial charge in [-0.2, -0.15) is 0 Å². The van der Waals surface area contributed by atoms with Crippen molar-refractivity contribution < 1.29 is 0 Å². The van der Waals surface area contributed by atoms with Gasteiger partial charge in [-0.1, -0.05) is 19.8 Å². The number of hydrogen-bond acceptors (Lipinski definition) is 2. The molecule has 0 radical (unpaired) electrons. The molecule has 0 aromatic heterocycles. The maximum atomic E-state index is 3.59. The van der Waals surface area contributed by atoms with Crippen molar-refractivity contribution in [1.29, 1.82) is 0 Å². The predicted molar refractivity (Wildman–Crippen MR) is 74.3 cm³/mol. The Bertz CT molecular complexity index is 223. The molecule has 1 N–H and O–H groups in total. The first kappa shape index (κ1) is 13.4. The van der Waals surface area contributed by atoms with E-state index in [0.29, 0.717) is 12.1 Å². The van der Waals surface area contributed by atoms with Gasteiger partial charge >= 0.3 is 0 Å². The van der Waals surface area contributed by atoms with Crippen molar-refractivity contribution in [3.05, 3.63) is 0 Å². The van der Waals surface area contributed by atoms with E-state index < -0.39 is 0 Å². The lowest BCUT2D eigenvalue weighted by molar-refractivity contribution is 0.122. The molecule has 0 aromatic rings. The van der Waals surface area contributed by atoms with E-state index >= 15 is 0 Å². The van der Waals surface area contributed by atoms with Crippen LogP contribution in [-0.2, 0) is 0 Å². The lowest BCUT2D eigenvalue weighted by atomic mass is 9.94. The number of nitrogens with one attached hydrogen (secondary N) is 1. The van der Waals surface area contributed by atoms with Crippen molar-refractivity contribution in [2.24, 2.45) is 5.92 Å². The van der Waals surface area contributed by atoms with Gasteiger partial charge in [0.05, 0.1) is 0 Å². The molecule has 1 aliphatic heterocycles. The summed E-state index contributed by atoms with van der Waals surface area (Å²) >= 11 is 0. The van der Waals surface area contributed by atoms with Gasteiger partial charge in [0.15, 0.2) is 0 Å². The molecule has 2 rings (SSSR count). The predicted octanol–water partition coefficient (Wildman–Crippen LogP) is 3.03. The highest BCUT2D eigenvalue weighted by atomic mass is 15.2. The molecule has 0 amide bonds. The number of likely N-dealkylation sites (N-methyl/N-ethyl adjacent to an activating group) is 1. The molecule has 17 heavy (non-hydrogen) atoms. The van der Waals surface area contributed by atoms with Gasteiger partial charge in [0, 0.05) is 18.1 Å². The Morgan fingerprint density at radius 1 is 1.12 bits per heavy atom. The summed E-state index contributed by atoms with van der Waals surface area (Å²) < 4.78 is 0. The second-order valence-electron chi connectivity index (χ2n) is 6.08. The monoisotopic (exact) mass is 238 g/mol. The first-order chi connectivity index (χ1) is 8.24. The molecule has 1 heterocycles. The van der Waals surface area contributed by atoms with E-state index in [-0.39, 0.29) is 0 Å². The van der Waals surface area contributed by atoms with Crippen LogP contribution < -0.4 is 5.32 Å². The van der Waals surface area contributed by atoms with Gasteiger partial charge in [-0.25, -0.2) is 0 Å². The van der Waals surface area contributed by atoms with Gasteiger partial charge in [-0.05, 0) is 58.5 Å². The van der Waals surface area contributed by atoms with E-state index in [1.807, 2.05) is 0 Å². The first-order valence-corrected chi connectivity index (χ1v) is 7.73. The minimum absolute atomic E-state index is 0.627. The van der Waals surface area contributed by atoms with Crippen LogP contribution >= 0.6 is 0 Å². The van der Waals surface area contributed by atoms with Crippen molar-refractivity contribution in [1.82, 2.24) is 10.2 Å². The molecule has 0 bridgehead atoms. The molecule has 3 atom stereocenters. The molecule has 1 aliphatic carbocycles. The van der Waals surface area contributed by atoms with Crippen LogP contribution in [-0.4, -0.2) is 36.1 Å². The van der Waals surface area contributed by atoms with Crippen LogP contribution in [0.3, 0.4) is 0 Å². The maximum absolute atomic E-state index is 3.59. The first-order valence-electron chi connectivity index (χ1n) is 7.73. The van der Waals surface area contributed by atoms with Crippen molar-refractivity contribution in [2.75, 3.05) is 13.1 Å². The van der Waals surface area contributed by atoms with Crippen molar-refractivity contribution in [2.45, 2.75) is 77.4 Å². The summed E-state index contributed by atoms with van der Waals surface area (Å²) in [5, 5.41) is 3.59. The zero-order valence-corrected chi connectivity index (χ0v) is 11.9. The average Bonchev–Trinajstić information content (AvgIpc) is 2.98. The molecule has 0 aromatic carbocycles. The Hall–Kier alpha value is -0.0800. The second kappa shape index (κ2) is 6.19. The molecule has 0 spiro atoms.